The van der Waals surface area contributed by atoms with Crippen LogP contribution in [0.4, 0.5) is 96.6 Å². The molecule has 1 nitrogen and oxygen atoms in total. The quantitative estimate of drug-likeness (QED) is 0.0149. The van der Waals surface area contributed by atoms with Gasteiger partial charge in [0.1, 0.15) is 59.2 Å². The summed E-state index contributed by atoms with van der Waals surface area (Å²) in [4.78, 5) is 1.15. The van der Waals surface area contributed by atoms with Crippen molar-refractivity contribution >= 4 is 28.0 Å². The second kappa shape index (κ2) is 38.7. The average molecular weight is 1270 g/mol. The molecule has 0 fully saturated rings. The molecule has 4 aromatic carbocycles. The molecular weight excluding hydrogens is 1190 g/mol. The van der Waals surface area contributed by atoms with E-state index in [2.05, 4.69) is 13.8 Å². The number of alkyl halides is 2. The summed E-state index contributed by atoms with van der Waals surface area (Å²) in [5.41, 5.74) is -14.3. The molecular formula is C62H78BF22N. The molecule has 0 aliphatic heterocycles. The molecule has 1 N–H and O–H groups in total. The van der Waals surface area contributed by atoms with E-state index in [1.807, 2.05) is 0 Å². The standard InChI is InChI=1S/C38H77F2N.C24BF20/c1-3-5-7-9-11-13-15-17-19-21-23-25-27-29-31-33-35-41(37-38(39)40)36-34-32-30-28-26-24-22-20-18-16-14-12-10-8-6-4-2;26-5-1(6(27)14(35)21(42)13(5)34)25(2-7(28)15(36)22(43)16(37)8(2)29,3-9(30)17(38)23(44)18(39)10(3)31)4-11(32)19(40)24(45)20(41)12(4)33/h38H,3-37H2,1-2H3;/q;-1/p+1. The lowest BCUT2D eigenvalue weighted by Crippen LogP contribution is -3.12. The Kier molecular flexibility index (Phi) is 34.0. The van der Waals surface area contributed by atoms with Crippen LogP contribution in [0, 0.1) is 116 Å². The van der Waals surface area contributed by atoms with E-state index in [-0.39, 0.29) is 6.54 Å². The average Bonchev–Trinajstić information content (AvgIpc) is 0.689. The number of nitrogens with one attached hydrogen (secondary N) is 1. The van der Waals surface area contributed by atoms with E-state index in [1.54, 1.807) is 0 Å². The summed E-state index contributed by atoms with van der Waals surface area (Å²) in [5.74, 6) is -71.4. The Balaban J connectivity index is 0.000000453. The van der Waals surface area contributed by atoms with Gasteiger partial charge in [0, 0.05) is 0 Å². The number of rotatable bonds is 40. The van der Waals surface area contributed by atoms with Gasteiger partial charge < -0.3 is 4.90 Å². The molecule has 0 atom stereocenters. The van der Waals surface area contributed by atoms with Crippen molar-refractivity contribution in [1.29, 1.82) is 0 Å². The zero-order chi connectivity index (χ0) is 64.3. The second-order valence-corrected chi connectivity index (χ2v) is 22.3. The predicted molar refractivity (Wildman–Crippen MR) is 290 cm³/mol. The van der Waals surface area contributed by atoms with Crippen molar-refractivity contribution in [3.05, 3.63) is 116 Å². The van der Waals surface area contributed by atoms with Crippen LogP contribution in [0.15, 0.2) is 0 Å². The lowest BCUT2D eigenvalue weighted by atomic mass is 9.12. The minimum Gasteiger partial charge on any atom is -0.330 e. The zero-order valence-electron chi connectivity index (χ0n) is 48.7. The van der Waals surface area contributed by atoms with Crippen LogP contribution in [0.1, 0.15) is 219 Å². The Labute approximate surface area is 490 Å². The fourth-order valence-electron chi connectivity index (χ4n) is 11.3. The fraction of sp³-hybridized carbons (Fsp3) is 0.613. The van der Waals surface area contributed by atoms with E-state index in [0.29, 0.717) is 0 Å². The van der Waals surface area contributed by atoms with Gasteiger partial charge in [-0.15, -0.1) is 21.9 Å². The summed E-state index contributed by atoms with van der Waals surface area (Å²) in [6.45, 7) is 6.52. The molecule has 86 heavy (non-hydrogen) atoms. The maximum absolute atomic E-state index is 15.4. The van der Waals surface area contributed by atoms with Crippen LogP contribution >= 0.6 is 0 Å². The van der Waals surface area contributed by atoms with Gasteiger partial charge in [0.25, 0.3) is 6.43 Å². The SMILES string of the molecule is CCCCCCCCCCCCCCCCCC[NH+](CCCCCCCCCCCCCCCCCC)CC(F)F.Fc1c(F)c(F)c([B-](c2c(F)c(F)c(F)c(F)c2F)(c2c(F)c(F)c(F)c(F)c2F)c2c(F)c(F)c(F)c(F)c2F)c(F)c1F. The molecule has 0 aliphatic rings. The van der Waals surface area contributed by atoms with Crippen molar-refractivity contribution in [2.24, 2.45) is 0 Å². The van der Waals surface area contributed by atoms with E-state index in [4.69, 9.17) is 0 Å². The molecule has 4 rings (SSSR count). The molecule has 0 saturated heterocycles. The Morgan fingerprint density at radius 2 is 0.360 bits per heavy atom. The van der Waals surface area contributed by atoms with Crippen molar-refractivity contribution in [3.8, 4) is 0 Å². The van der Waals surface area contributed by atoms with Gasteiger partial charge in [0.05, 0.1) is 13.1 Å². The molecule has 0 spiro atoms. The van der Waals surface area contributed by atoms with E-state index in [0.717, 1.165) is 30.8 Å². The number of unbranched alkanes of at least 4 members (excludes halogenated alkanes) is 30. The molecule has 0 bridgehead atoms. The van der Waals surface area contributed by atoms with Gasteiger partial charge in [0.2, 0.25) is 0 Å². The second-order valence-electron chi connectivity index (χ2n) is 22.3. The van der Waals surface area contributed by atoms with Crippen molar-refractivity contribution in [2.75, 3.05) is 19.6 Å². The zero-order valence-corrected chi connectivity index (χ0v) is 48.7. The normalized spacial score (nSPS) is 11.9. The molecule has 488 valence electrons. The summed E-state index contributed by atoms with van der Waals surface area (Å²) in [6.07, 6.45) is 34.5. The Bertz CT molecular complexity index is 2290. The Morgan fingerprint density at radius 3 is 0.512 bits per heavy atom. The molecule has 4 aromatic rings. The number of benzene rings is 4. The highest BCUT2D eigenvalue weighted by molar-refractivity contribution is 7.20. The third-order valence-corrected chi connectivity index (χ3v) is 15.9. The van der Waals surface area contributed by atoms with E-state index >= 15 is 35.1 Å². The van der Waals surface area contributed by atoms with Crippen molar-refractivity contribution in [2.45, 2.75) is 226 Å². The number of quaternary nitrogens is 1. The van der Waals surface area contributed by atoms with E-state index in [1.165, 1.54) is 193 Å². The Hall–Kier alpha value is -4.64. The maximum Gasteiger partial charge on any atom is 0.286 e. The molecule has 0 amide bonds. The Morgan fingerprint density at radius 1 is 0.221 bits per heavy atom. The lowest BCUT2D eigenvalue weighted by Gasteiger charge is -2.44. The van der Waals surface area contributed by atoms with Crippen LogP contribution in [0.25, 0.3) is 0 Å². The molecule has 0 heterocycles. The van der Waals surface area contributed by atoms with Crippen LogP contribution < -0.4 is 26.8 Å². The highest BCUT2D eigenvalue weighted by atomic mass is 19.3. The number of hydrogen-bond acceptors (Lipinski definition) is 0. The summed E-state index contributed by atoms with van der Waals surface area (Å²) in [5, 5.41) is 0. The molecule has 0 aromatic heterocycles. The van der Waals surface area contributed by atoms with Gasteiger partial charge in [0.15, 0.2) is 69.8 Å². The predicted octanol–water partition coefficient (Wildman–Crippen LogP) is 18.5. The van der Waals surface area contributed by atoms with Crippen LogP contribution in [-0.2, 0) is 0 Å². The van der Waals surface area contributed by atoms with E-state index in [9.17, 15) is 61.5 Å². The summed E-state index contributed by atoms with van der Waals surface area (Å²) < 4.78 is 320. The highest BCUT2D eigenvalue weighted by Crippen LogP contribution is 2.31. The van der Waals surface area contributed by atoms with Crippen LogP contribution in [0.3, 0.4) is 0 Å². The molecule has 0 aliphatic carbocycles. The van der Waals surface area contributed by atoms with Crippen LogP contribution in [0.5, 0.6) is 0 Å². The first kappa shape index (κ1) is 75.6. The number of halogens is 22. The van der Waals surface area contributed by atoms with Gasteiger partial charge >= 0.3 is 0 Å². The smallest absolute Gasteiger partial charge is 0.286 e. The molecule has 0 radical (unpaired) electrons. The summed E-state index contributed by atoms with van der Waals surface area (Å²) in [7, 11) is 0. The van der Waals surface area contributed by atoms with Gasteiger partial charge in [-0.2, -0.15) is 0 Å². The highest BCUT2D eigenvalue weighted by Gasteiger charge is 2.52. The van der Waals surface area contributed by atoms with Crippen LogP contribution in [0.2, 0.25) is 0 Å². The molecule has 0 saturated carbocycles. The molecule has 0 unspecified atom stereocenters. The first-order valence-electron chi connectivity index (χ1n) is 30.3. The third kappa shape index (κ3) is 20.2. The van der Waals surface area contributed by atoms with Gasteiger partial charge in [-0.05, 0) is 25.7 Å². The number of hydrogen-bond donors (Lipinski definition) is 1. The van der Waals surface area contributed by atoms with E-state index < -0.39 is 151 Å². The first-order valence-corrected chi connectivity index (χ1v) is 30.3. The summed E-state index contributed by atoms with van der Waals surface area (Å²) in [6, 6.07) is 0. The fourth-order valence-corrected chi connectivity index (χ4v) is 11.3. The van der Waals surface area contributed by atoms with Crippen molar-refractivity contribution in [3.63, 3.8) is 0 Å². The largest absolute Gasteiger partial charge is 0.330 e. The van der Waals surface area contributed by atoms with Gasteiger partial charge in [-0.3, -0.25) is 0 Å². The topological polar surface area (TPSA) is 4.44 Å². The molecule has 24 heteroatoms. The van der Waals surface area contributed by atoms with Gasteiger partial charge in [-0.1, -0.05) is 194 Å². The van der Waals surface area contributed by atoms with Crippen molar-refractivity contribution < 1.29 is 101 Å². The lowest BCUT2D eigenvalue weighted by molar-refractivity contribution is -0.904. The first-order chi connectivity index (χ1) is 40.9. The van der Waals surface area contributed by atoms with Crippen molar-refractivity contribution in [1.82, 2.24) is 0 Å². The third-order valence-electron chi connectivity index (χ3n) is 15.9. The van der Waals surface area contributed by atoms with Gasteiger partial charge in [-0.25, -0.2) is 96.6 Å². The minimum atomic E-state index is -7.22. The monoisotopic (exact) mass is 1270 g/mol. The maximum atomic E-state index is 15.4. The summed E-state index contributed by atoms with van der Waals surface area (Å²) >= 11 is 0. The minimum absolute atomic E-state index is 0.0531. The van der Waals surface area contributed by atoms with Crippen LogP contribution in [-0.4, -0.2) is 32.2 Å².